The molecule has 9 heteroatoms. The van der Waals surface area contributed by atoms with Gasteiger partial charge in [0.15, 0.2) is 0 Å². The van der Waals surface area contributed by atoms with Crippen LogP contribution in [0, 0.1) is 11.3 Å². The Kier molecular flexibility index (Phi) is 9.32. The van der Waals surface area contributed by atoms with Gasteiger partial charge in [-0.3, -0.25) is 4.79 Å². The molecule has 0 aliphatic carbocycles. The molecule has 3 rings (SSSR count). The standard InChI is InChI=1S/C26H19BrCl2N2O4/c1-2-34-26(33)16-4-8-22(9-5-16)31-25(32)19(14-30)11-18-12-20(27)6-10-24(18)35-15-17-3-7-21(28)13-23(17)29/h3-13H,2,15H2,1H3,(H,31,32)/b19-11+. The van der Waals surface area contributed by atoms with E-state index in [-0.39, 0.29) is 18.8 Å². The molecule has 0 unspecified atom stereocenters. The third kappa shape index (κ3) is 7.33. The number of hydrogen-bond donors (Lipinski definition) is 1. The highest BCUT2D eigenvalue weighted by atomic mass is 79.9. The minimum atomic E-state index is -0.608. The van der Waals surface area contributed by atoms with Crippen molar-refractivity contribution < 1.29 is 19.1 Å². The molecule has 0 aromatic heterocycles. The number of halogens is 3. The van der Waals surface area contributed by atoms with Crippen molar-refractivity contribution in [2.75, 3.05) is 11.9 Å². The van der Waals surface area contributed by atoms with E-state index in [4.69, 9.17) is 32.7 Å². The van der Waals surface area contributed by atoms with Crippen LogP contribution in [0.4, 0.5) is 5.69 Å². The van der Waals surface area contributed by atoms with Gasteiger partial charge in [-0.05, 0) is 67.6 Å². The summed E-state index contributed by atoms with van der Waals surface area (Å²) >= 11 is 15.6. The topological polar surface area (TPSA) is 88.4 Å². The van der Waals surface area contributed by atoms with Crippen LogP contribution in [0.1, 0.15) is 28.4 Å². The fourth-order valence-corrected chi connectivity index (χ4v) is 3.81. The van der Waals surface area contributed by atoms with Gasteiger partial charge >= 0.3 is 5.97 Å². The van der Waals surface area contributed by atoms with Crippen LogP contribution in [-0.4, -0.2) is 18.5 Å². The molecule has 0 atom stereocenters. The van der Waals surface area contributed by atoms with E-state index in [0.29, 0.717) is 32.6 Å². The van der Waals surface area contributed by atoms with Gasteiger partial charge in [0.1, 0.15) is 24.0 Å². The SMILES string of the molecule is CCOC(=O)c1ccc(NC(=O)/C(C#N)=C/c2cc(Br)ccc2OCc2ccc(Cl)cc2Cl)cc1. The number of amides is 1. The molecular weight excluding hydrogens is 555 g/mol. The number of esters is 1. The van der Waals surface area contributed by atoms with E-state index in [0.717, 1.165) is 10.0 Å². The quantitative estimate of drug-likeness (QED) is 0.177. The second-order valence-electron chi connectivity index (χ2n) is 7.13. The Hall–Kier alpha value is -3.31. The average Bonchev–Trinajstić information content (AvgIpc) is 2.83. The molecule has 0 spiro atoms. The monoisotopic (exact) mass is 572 g/mol. The fraction of sp³-hybridized carbons (Fsp3) is 0.115. The lowest BCUT2D eigenvalue weighted by Gasteiger charge is -2.12. The lowest BCUT2D eigenvalue weighted by molar-refractivity contribution is -0.112. The van der Waals surface area contributed by atoms with Gasteiger partial charge in [-0.25, -0.2) is 4.79 Å². The summed E-state index contributed by atoms with van der Waals surface area (Å²) in [5.74, 6) is -0.605. The first-order chi connectivity index (χ1) is 16.8. The molecule has 6 nitrogen and oxygen atoms in total. The number of anilines is 1. The van der Waals surface area contributed by atoms with Gasteiger partial charge < -0.3 is 14.8 Å². The van der Waals surface area contributed by atoms with E-state index in [2.05, 4.69) is 21.2 Å². The highest BCUT2D eigenvalue weighted by Crippen LogP contribution is 2.28. The van der Waals surface area contributed by atoms with E-state index < -0.39 is 11.9 Å². The predicted molar refractivity (Wildman–Crippen MR) is 140 cm³/mol. The Balaban J connectivity index is 1.78. The molecule has 0 fully saturated rings. The number of nitrogens with zero attached hydrogens (tertiary/aromatic N) is 1. The number of nitriles is 1. The number of ether oxygens (including phenoxy) is 2. The summed E-state index contributed by atoms with van der Waals surface area (Å²) < 4.78 is 11.6. The summed E-state index contributed by atoms with van der Waals surface area (Å²) in [7, 11) is 0. The Morgan fingerprint density at radius 1 is 1.09 bits per heavy atom. The van der Waals surface area contributed by atoms with Gasteiger partial charge in [-0.2, -0.15) is 5.26 Å². The van der Waals surface area contributed by atoms with Crippen LogP contribution in [-0.2, 0) is 16.1 Å². The maximum absolute atomic E-state index is 12.7. The molecule has 178 valence electrons. The van der Waals surface area contributed by atoms with Crippen LogP contribution in [0.2, 0.25) is 10.0 Å². The van der Waals surface area contributed by atoms with Crippen LogP contribution in [0.15, 0.2) is 70.7 Å². The van der Waals surface area contributed by atoms with Crippen molar-refractivity contribution >= 4 is 62.8 Å². The summed E-state index contributed by atoms with van der Waals surface area (Å²) in [6, 6.07) is 18.5. The van der Waals surface area contributed by atoms with Crippen molar-refractivity contribution in [1.29, 1.82) is 5.26 Å². The maximum atomic E-state index is 12.7. The molecular formula is C26H19BrCl2N2O4. The molecule has 3 aromatic carbocycles. The first-order valence-electron chi connectivity index (χ1n) is 10.4. The zero-order valence-corrected chi connectivity index (χ0v) is 21.6. The van der Waals surface area contributed by atoms with E-state index in [1.54, 1.807) is 55.5 Å². The largest absolute Gasteiger partial charge is 0.488 e. The Morgan fingerprint density at radius 2 is 1.83 bits per heavy atom. The van der Waals surface area contributed by atoms with E-state index in [1.807, 2.05) is 6.07 Å². The van der Waals surface area contributed by atoms with Gasteiger partial charge in [0.2, 0.25) is 0 Å². The molecule has 0 bridgehead atoms. The molecule has 35 heavy (non-hydrogen) atoms. The summed E-state index contributed by atoms with van der Waals surface area (Å²) in [5.41, 5.74) is 1.91. The predicted octanol–water partition coefficient (Wildman–Crippen LogP) is 7.06. The minimum absolute atomic E-state index is 0.132. The lowest BCUT2D eigenvalue weighted by atomic mass is 10.1. The van der Waals surface area contributed by atoms with Crippen molar-refractivity contribution in [3.05, 3.63) is 97.4 Å². The summed E-state index contributed by atoms with van der Waals surface area (Å²) in [4.78, 5) is 24.5. The van der Waals surface area contributed by atoms with Crippen molar-refractivity contribution in [2.45, 2.75) is 13.5 Å². The zero-order chi connectivity index (χ0) is 25.4. The number of carbonyl (C=O) groups excluding carboxylic acids is 2. The van der Waals surface area contributed by atoms with Crippen LogP contribution < -0.4 is 10.1 Å². The molecule has 0 heterocycles. The molecule has 1 amide bonds. The number of rotatable bonds is 8. The van der Waals surface area contributed by atoms with Gasteiger partial charge in [0, 0.05) is 31.3 Å². The summed E-state index contributed by atoms with van der Waals surface area (Å²) in [6.07, 6.45) is 1.44. The zero-order valence-electron chi connectivity index (χ0n) is 18.5. The fourth-order valence-electron chi connectivity index (χ4n) is 2.96. The molecule has 0 saturated carbocycles. The molecule has 1 N–H and O–H groups in total. The van der Waals surface area contributed by atoms with Crippen molar-refractivity contribution in [1.82, 2.24) is 0 Å². The van der Waals surface area contributed by atoms with E-state index in [1.165, 1.54) is 18.2 Å². The first-order valence-corrected chi connectivity index (χ1v) is 11.9. The van der Waals surface area contributed by atoms with Crippen molar-refractivity contribution in [2.24, 2.45) is 0 Å². The highest BCUT2D eigenvalue weighted by Gasteiger charge is 2.13. The third-order valence-electron chi connectivity index (χ3n) is 4.69. The average molecular weight is 574 g/mol. The normalized spacial score (nSPS) is 10.9. The van der Waals surface area contributed by atoms with Crippen LogP contribution in [0.5, 0.6) is 5.75 Å². The Morgan fingerprint density at radius 3 is 2.49 bits per heavy atom. The Bertz CT molecular complexity index is 1320. The number of nitrogens with one attached hydrogen (secondary N) is 1. The van der Waals surface area contributed by atoms with Crippen molar-refractivity contribution in [3.63, 3.8) is 0 Å². The van der Waals surface area contributed by atoms with E-state index in [9.17, 15) is 14.9 Å². The second kappa shape index (κ2) is 12.4. The van der Waals surface area contributed by atoms with Gasteiger partial charge in [0.05, 0.1) is 12.2 Å². The third-order valence-corrected chi connectivity index (χ3v) is 5.77. The van der Waals surface area contributed by atoms with Crippen molar-refractivity contribution in [3.8, 4) is 11.8 Å². The van der Waals surface area contributed by atoms with E-state index >= 15 is 0 Å². The summed E-state index contributed by atoms with van der Waals surface area (Å²) in [6.45, 7) is 2.15. The van der Waals surface area contributed by atoms with Gasteiger partial charge in [0.25, 0.3) is 5.91 Å². The molecule has 0 saturated heterocycles. The molecule has 0 aliphatic rings. The minimum Gasteiger partial charge on any atom is -0.488 e. The van der Waals surface area contributed by atoms with Crippen LogP contribution >= 0.6 is 39.1 Å². The number of benzene rings is 3. The highest BCUT2D eigenvalue weighted by molar-refractivity contribution is 9.10. The van der Waals surface area contributed by atoms with Crippen LogP contribution in [0.3, 0.4) is 0 Å². The first kappa shape index (κ1) is 26.3. The smallest absolute Gasteiger partial charge is 0.338 e. The molecule has 0 aliphatic heterocycles. The molecule has 0 radical (unpaired) electrons. The summed E-state index contributed by atoms with van der Waals surface area (Å²) in [5, 5.41) is 13.3. The second-order valence-corrected chi connectivity index (χ2v) is 8.89. The van der Waals surface area contributed by atoms with Gasteiger partial charge in [-0.1, -0.05) is 45.2 Å². The molecule has 3 aromatic rings. The number of hydrogen-bond acceptors (Lipinski definition) is 5. The lowest BCUT2D eigenvalue weighted by Crippen LogP contribution is -2.14. The van der Waals surface area contributed by atoms with Crippen LogP contribution in [0.25, 0.3) is 6.08 Å². The number of carbonyl (C=O) groups is 2. The Labute approximate surface area is 221 Å². The maximum Gasteiger partial charge on any atom is 0.338 e. The van der Waals surface area contributed by atoms with Gasteiger partial charge in [-0.15, -0.1) is 0 Å².